The minimum Gasteiger partial charge on any atom is -0.380 e. The van der Waals surface area contributed by atoms with Gasteiger partial charge in [0.2, 0.25) is 0 Å². The van der Waals surface area contributed by atoms with Gasteiger partial charge < -0.3 is 10.4 Å². The summed E-state index contributed by atoms with van der Waals surface area (Å²) in [6.45, 7) is 6.23. The molecule has 7 nitrogen and oxygen atoms in total. The second-order valence-electron chi connectivity index (χ2n) is 7.02. The van der Waals surface area contributed by atoms with Crippen LogP contribution in [0.25, 0.3) is 0 Å². The molecule has 0 saturated heterocycles. The van der Waals surface area contributed by atoms with Gasteiger partial charge in [-0.2, -0.15) is 0 Å². The lowest BCUT2D eigenvalue weighted by molar-refractivity contribution is -0.138. The molecule has 8 heteroatoms. The number of hydrogen-bond acceptors (Lipinski definition) is 6. The number of Topliss-reactive ketones (excluding diaryl/α,β-unsaturated/α-hetero) is 2. The molecule has 1 aliphatic carbocycles. The first-order valence-corrected chi connectivity index (χ1v) is 10.5. The van der Waals surface area contributed by atoms with Crippen LogP contribution in [0.4, 0.5) is 0 Å². The van der Waals surface area contributed by atoms with E-state index in [1.807, 2.05) is 0 Å². The highest BCUT2D eigenvalue weighted by Crippen LogP contribution is 2.28. The van der Waals surface area contributed by atoms with Gasteiger partial charge in [-0.05, 0) is 47.0 Å². The fraction of sp³-hybridized carbons (Fsp3) is 0.611. The van der Waals surface area contributed by atoms with Crippen LogP contribution in [-0.4, -0.2) is 55.2 Å². The molecule has 1 rings (SSSR count). The van der Waals surface area contributed by atoms with Crippen LogP contribution in [0, 0.1) is 0 Å². The number of sulfone groups is 1. The highest BCUT2D eigenvalue weighted by molar-refractivity contribution is 7.90. The predicted molar refractivity (Wildman–Crippen MR) is 98.3 cm³/mol. The molecule has 0 aromatic heterocycles. The molecule has 0 spiro atoms. The minimum atomic E-state index is -3.10. The Hall–Kier alpha value is -1.80. The van der Waals surface area contributed by atoms with E-state index in [1.54, 1.807) is 20.8 Å². The fourth-order valence-corrected chi connectivity index (χ4v) is 3.33. The van der Waals surface area contributed by atoms with E-state index >= 15 is 0 Å². The number of carbonyl (C=O) groups excluding carboxylic acids is 3. The van der Waals surface area contributed by atoms with Crippen molar-refractivity contribution in [3.8, 4) is 0 Å². The first-order valence-electron chi connectivity index (χ1n) is 8.43. The summed E-state index contributed by atoms with van der Waals surface area (Å²) in [5.41, 5.74) is -0.246. The third-order valence-electron chi connectivity index (χ3n) is 4.64. The van der Waals surface area contributed by atoms with Gasteiger partial charge in [-0.3, -0.25) is 14.4 Å². The number of carbonyl (C=O) groups is 3. The number of allylic oxidation sites excluding steroid dienone is 4. The maximum Gasteiger partial charge on any atom is 0.251 e. The molecule has 0 aliphatic heterocycles. The molecule has 0 bridgehead atoms. The Morgan fingerprint density at radius 1 is 1.08 bits per heavy atom. The molecule has 1 atom stereocenters. The second kappa shape index (κ2) is 8.26. The van der Waals surface area contributed by atoms with Crippen LogP contribution >= 0.6 is 0 Å². The number of amides is 1. The van der Waals surface area contributed by atoms with E-state index in [0.717, 1.165) is 6.26 Å². The normalized spacial score (nSPS) is 18.2. The lowest BCUT2D eigenvalue weighted by Crippen LogP contribution is -2.45. The zero-order valence-electron chi connectivity index (χ0n) is 15.9. The van der Waals surface area contributed by atoms with Gasteiger partial charge in [0.25, 0.3) is 5.91 Å². The summed E-state index contributed by atoms with van der Waals surface area (Å²) in [5, 5.41) is 12.9. The molecule has 0 radical (unpaired) electrons. The Kier molecular flexibility index (Phi) is 7.07. The predicted octanol–water partition coefficient (Wildman–Crippen LogP) is 0.873. The topological polar surface area (TPSA) is 118 Å². The molecule has 1 amide bonds. The molecule has 0 aromatic carbocycles. The van der Waals surface area contributed by atoms with Crippen molar-refractivity contribution < 1.29 is 27.9 Å². The smallest absolute Gasteiger partial charge is 0.251 e. The van der Waals surface area contributed by atoms with Crippen molar-refractivity contribution in [1.29, 1.82) is 0 Å². The van der Waals surface area contributed by atoms with Gasteiger partial charge in [0.15, 0.2) is 11.6 Å². The van der Waals surface area contributed by atoms with Crippen LogP contribution in [-0.2, 0) is 24.2 Å². The Balaban J connectivity index is 2.69. The van der Waals surface area contributed by atoms with Crippen molar-refractivity contribution in [2.45, 2.75) is 52.6 Å². The number of nitrogens with one attached hydrogen (secondary N) is 1. The average Bonchev–Trinajstić information content (AvgIpc) is 2.53. The Bertz CT molecular complexity index is 786. The molecule has 1 unspecified atom stereocenters. The zero-order valence-corrected chi connectivity index (χ0v) is 16.7. The summed E-state index contributed by atoms with van der Waals surface area (Å²) in [6, 6.07) is 0. The summed E-state index contributed by atoms with van der Waals surface area (Å²) in [7, 11) is -3.10. The quantitative estimate of drug-likeness (QED) is 0.473. The first kappa shape index (κ1) is 22.2. The third-order valence-corrected chi connectivity index (χ3v) is 5.67. The van der Waals surface area contributed by atoms with E-state index in [9.17, 15) is 27.9 Å². The largest absolute Gasteiger partial charge is 0.380 e. The second-order valence-corrected chi connectivity index (χ2v) is 9.28. The van der Waals surface area contributed by atoms with E-state index in [-0.39, 0.29) is 43.1 Å². The maximum atomic E-state index is 12.4. The van der Waals surface area contributed by atoms with Gasteiger partial charge in [0, 0.05) is 35.1 Å². The van der Waals surface area contributed by atoms with E-state index < -0.39 is 21.3 Å². The van der Waals surface area contributed by atoms with E-state index in [2.05, 4.69) is 5.32 Å². The van der Waals surface area contributed by atoms with Crippen molar-refractivity contribution in [1.82, 2.24) is 5.32 Å². The van der Waals surface area contributed by atoms with Gasteiger partial charge in [-0.1, -0.05) is 0 Å². The lowest BCUT2D eigenvalue weighted by atomic mass is 9.82. The first-order chi connectivity index (χ1) is 11.8. The van der Waals surface area contributed by atoms with E-state index in [1.165, 1.54) is 6.92 Å². The molecular weight excluding hydrogens is 358 g/mol. The highest BCUT2D eigenvalue weighted by Gasteiger charge is 2.33. The monoisotopic (exact) mass is 385 g/mol. The summed E-state index contributed by atoms with van der Waals surface area (Å²) in [6.07, 6.45) is 1.44. The van der Waals surface area contributed by atoms with Crippen molar-refractivity contribution in [2.24, 2.45) is 0 Å². The van der Waals surface area contributed by atoms with Crippen LogP contribution in [0.15, 0.2) is 22.3 Å². The Morgan fingerprint density at radius 3 is 2.15 bits per heavy atom. The summed E-state index contributed by atoms with van der Waals surface area (Å²) < 4.78 is 22.1. The van der Waals surface area contributed by atoms with Crippen molar-refractivity contribution in [2.75, 3.05) is 18.6 Å². The van der Waals surface area contributed by atoms with Crippen LogP contribution in [0.5, 0.6) is 0 Å². The SMILES string of the molecule is CC1=C(C)C(=O)C(CCC(C)(O)C(=O)NCCCS(C)(=O)=O)=C(C)C1=O. The van der Waals surface area contributed by atoms with E-state index in [0.29, 0.717) is 22.3 Å². The van der Waals surface area contributed by atoms with Crippen molar-refractivity contribution in [3.05, 3.63) is 22.3 Å². The van der Waals surface area contributed by atoms with Crippen LogP contribution in [0.3, 0.4) is 0 Å². The highest BCUT2D eigenvalue weighted by atomic mass is 32.2. The summed E-state index contributed by atoms with van der Waals surface area (Å²) in [4.78, 5) is 36.6. The number of hydrogen-bond donors (Lipinski definition) is 2. The zero-order chi connectivity index (χ0) is 20.3. The van der Waals surface area contributed by atoms with Gasteiger partial charge >= 0.3 is 0 Å². The van der Waals surface area contributed by atoms with Crippen LogP contribution < -0.4 is 5.32 Å². The molecule has 146 valence electrons. The number of ketones is 2. The molecule has 1 aliphatic rings. The standard InChI is InChI=1S/C18H27NO6S/c1-11-12(2)16(21)14(13(3)15(11)20)7-8-18(4,23)17(22)19-9-6-10-26(5,24)25/h23H,6-10H2,1-5H3,(H,19,22). The molecule has 26 heavy (non-hydrogen) atoms. The molecular formula is C18H27NO6S. The number of aliphatic hydroxyl groups is 1. The average molecular weight is 385 g/mol. The lowest BCUT2D eigenvalue weighted by Gasteiger charge is -2.24. The molecule has 0 aromatic rings. The molecule has 0 fully saturated rings. The maximum absolute atomic E-state index is 12.4. The molecule has 2 N–H and O–H groups in total. The Labute approximate surface area is 154 Å². The molecule has 0 heterocycles. The van der Waals surface area contributed by atoms with Crippen LogP contribution in [0.2, 0.25) is 0 Å². The van der Waals surface area contributed by atoms with Crippen molar-refractivity contribution in [3.63, 3.8) is 0 Å². The van der Waals surface area contributed by atoms with Crippen LogP contribution in [0.1, 0.15) is 47.0 Å². The minimum absolute atomic E-state index is 0.0249. The Morgan fingerprint density at radius 2 is 1.62 bits per heavy atom. The number of rotatable bonds is 8. The van der Waals surface area contributed by atoms with Crippen molar-refractivity contribution >= 4 is 27.3 Å². The fourth-order valence-electron chi connectivity index (χ4n) is 2.67. The molecule has 0 saturated carbocycles. The van der Waals surface area contributed by atoms with Gasteiger partial charge in [-0.15, -0.1) is 0 Å². The van der Waals surface area contributed by atoms with E-state index in [4.69, 9.17) is 0 Å². The van der Waals surface area contributed by atoms with Gasteiger partial charge in [0.05, 0.1) is 5.75 Å². The summed E-state index contributed by atoms with van der Waals surface area (Å²) in [5.74, 6) is -1.11. The third kappa shape index (κ3) is 5.60. The summed E-state index contributed by atoms with van der Waals surface area (Å²) >= 11 is 0. The van der Waals surface area contributed by atoms with Gasteiger partial charge in [-0.25, -0.2) is 8.42 Å². The van der Waals surface area contributed by atoms with Gasteiger partial charge in [0.1, 0.15) is 15.4 Å².